The van der Waals surface area contributed by atoms with E-state index in [0.717, 1.165) is 10.0 Å². The molecular weight excluding hydrogens is 396 g/mol. The number of methoxy groups -OCH3 is 1. The van der Waals surface area contributed by atoms with Crippen molar-refractivity contribution in [2.75, 3.05) is 12.4 Å². The highest BCUT2D eigenvalue weighted by molar-refractivity contribution is 9.10. The van der Waals surface area contributed by atoms with Crippen LogP contribution < -0.4 is 14.8 Å². The molecule has 2 aromatic carbocycles. The zero-order valence-corrected chi connectivity index (χ0v) is 15.7. The maximum atomic E-state index is 12.5. The van der Waals surface area contributed by atoms with Crippen molar-refractivity contribution >= 4 is 27.5 Å². The number of nitrogens with one attached hydrogen (secondary N) is 1. The number of amides is 1. The first-order valence-electron chi connectivity index (χ1n) is 7.93. The minimum atomic E-state index is -0.208. The van der Waals surface area contributed by atoms with Gasteiger partial charge in [-0.1, -0.05) is 18.2 Å². The number of aromatic nitrogens is 1. The summed E-state index contributed by atoms with van der Waals surface area (Å²) < 4.78 is 11.9. The largest absolute Gasteiger partial charge is 0.493 e. The third-order valence-corrected chi connectivity index (χ3v) is 4.35. The second kappa shape index (κ2) is 8.49. The molecule has 3 rings (SSSR count). The molecule has 1 N–H and O–H groups in total. The Kier molecular flexibility index (Phi) is 5.86. The van der Waals surface area contributed by atoms with Crippen LogP contribution in [-0.2, 0) is 6.61 Å². The van der Waals surface area contributed by atoms with Crippen molar-refractivity contribution in [1.29, 1.82) is 0 Å². The number of hydrogen-bond acceptors (Lipinski definition) is 4. The average molecular weight is 413 g/mol. The predicted molar refractivity (Wildman–Crippen MR) is 104 cm³/mol. The molecule has 5 nitrogen and oxygen atoms in total. The van der Waals surface area contributed by atoms with E-state index in [9.17, 15) is 4.79 Å². The highest BCUT2D eigenvalue weighted by Gasteiger charge is 2.12. The summed E-state index contributed by atoms with van der Waals surface area (Å²) >= 11 is 3.39. The van der Waals surface area contributed by atoms with E-state index in [4.69, 9.17) is 9.47 Å². The van der Waals surface area contributed by atoms with Gasteiger partial charge in [-0.3, -0.25) is 9.78 Å². The first kappa shape index (κ1) is 17.9. The van der Waals surface area contributed by atoms with Crippen LogP contribution in [0.15, 0.2) is 71.5 Å². The fourth-order valence-corrected chi connectivity index (χ4v) is 2.82. The number of hydrogen-bond donors (Lipinski definition) is 1. The van der Waals surface area contributed by atoms with Crippen LogP contribution in [-0.4, -0.2) is 18.0 Å². The van der Waals surface area contributed by atoms with Crippen LogP contribution in [0.25, 0.3) is 0 Å². The molecule has 1 heterocycles. The minimum Gasteiger partial charge on any atom is -0.493 e. The molecule has 0 unspecified atom stereocenters. The summed E-state index contributed by atoms with van der Waals surface area (Å²) in [4.78, 5) is 16.5. The first-order valence-corrected chi connectivity index (χ1v) is 8.72. The molecule has 0 aliphatic heterocycles. The molecule has 26 heavy (non-hydrogen) atoms. The fourth-order valence-electron chi connectivity index (χ4n) is 2.36. The number of nitrogens with zero attached hydrogens (tertiary/aromatic N) is 1. The molecule has 0 aliphatic rings. The van der Waals surface area contributed by atoms with Crippen LogP contribution in [0.4, 0.5) is 5.69 Å². The smallest absolute Gasteiger partial charge is 0.256 e. The molecule has 0 saturated carbocycles. The Hall–Kier alpha value is -2.86. The molecule has 6 heteroatoms. The van der Waals surface area contributed by atoms with Gasteiger partial charge in [-0.25, -0.2) is 0 Å². The van der Waals surface area contributed by atoms with Gasteiger partial charge in [0.05, 0.1) is 12.7 Å². The van der Waals surface area contributed by atoms with Crippen LogP contribution in [0.2, 0.25) is 0 Å². The molecule has 0 atom stereocenters. The molecule has 0 spiro atoms. The van der Waals surface area contributed by atoms with Crippen molar-refractivity contribution in [2.45, 2.75) is 6.61 Å². The quantitative estimate of drug-likeness (QED) is 0.638. The zero-order chi connectivity index (χ0) is 18.4. The molecule has 1 amide bonds. The first-order chi connectivity index (χ1) is 12.7. The zero-order valence-electron chi connectivity index (χ0n) is 14.1. The highest BCUT2D eigenvalue weighted by Crippen LogP contribution is 2.31. The van der Waals surface area contributed by atoms with Gasteiger partial charge in [0.2, 0.25) is 0 Å². The van der Waals surface area contributed by atoms with Gasteiger partial charge >= 0.3 is 0 Å². The van der Waals surface area contributed by atoms with E-state index < -0.39 is 0 Å². The predicted octanol–water partition coefficient (Wildman–Crippen LogP) is 4.68. The topological polar surface area (TPSA) is 60.5 Å². The van der Waals surface area contributed by atoms with Gasteiger partial charge in [0.25, 0.3) is 5.91 Å². The van der Waals surface area contributed by atoms with Crippen molar-refractivity contribution in [1.82, 2.24) is 4.98 Å². The summed E-state index contributed by atoms with van der Waals surface area (Å²) in [5, 5.41) is 2.87. The lowest BCUT2D eigenvalue weighted by molar-refractivity contribution is 0.102. The van der Waals surface area contributed by atoms with E-state index in [1.165, 1.54) is 0 Å². The fraction of sp³-hybridized carbons (Fsp3) is 0.100. The van der Waals surface area contributed by atoms with E-state index in [1.54, 1.807) is 43.8 Å². The molecule has 1 aromatic heterocycles. The summed E-state index contributed by atoms with van der Waals surface area (Å²) in [5.74, 6) is 0.926. The van der Waals surface area contributed by atoms with Gasteiger partial charge in [-0.15, -0.1) is 0 Å². The summed E-state index contributed by atoms with van der Waals surface area (Å²) in [7, 11) is 1.58. The van der Waals surface area contributed by atoms with Crippen LogP contribution in [0, 0.1) is 0 Å². The maximum absolute atomic E-state index is 12.5. The number of anilines is 1. The van der Waals surface area contributed by atoms with Crippen LogP contribution in [0.1, 0.15) is 15.9 Å². The van der Waals surface area contributed by atoms with Crippen LogP contribution in [0.3, 0.4) is 0 Å². The van der Waals surface area contributed by atoms with Gasteiger partial charge < -0.3 is 14.8 Å². The van der Waals surface area contributed by atoms with E-state index in [2.05, 4.69) is 26.2 Å². The van der Waals surface area contributed by atoms with Crippen molar-refractivity contribution in [3.05, 3.63) is 82.6 Å². The molecule has 0 radical (unpaired) electrons. The minimum absolute atomic E-state index is 0.208. The monoisotopic (exact) mass is 412 g/mol. The SMILES string of the molecule is COc1ccc(NC(=O)c2ccccc2Br)cc1OCc1cccnc1. The lowest BCUT2D eigenvalue weighted by Crippen LogP contribution is -2.12. The van der Waals surface area contributed by atoms with Crippen molar-refractivity contribution in [3.63, 3.8) is 0 Å². The van der Waals surface area contributed by atoms with Crippen molar-refractivity contribution in [3.8, 4) is 11.5 Å². The second-order valence-electron chi connectivity index (χ2n) is 5.45. The third kappa shape index (κ3) is 4.40. The van der Waals surface area contributed by atoms with Crippen molar-refractivity contribution in [2.24, 2.45) is 0 Å². The normalized spacial score (nSPS) is 10.2. The summed E-state index contributed by atoms with van der Waals surface area (Å²) in [6.45, 7) is 0.353. The number of pyridine rings is 1. The summed E-state index contributed by atoms with van der Waals surface area (Å²) in [5.41, 5.74) is 2.12. The summed E-state index contributed by atoms with van der Waals surface area (Å²) in [6.07, 6.45) is 3.45. The summed E-state index contributed by atoms with van der Waals surface area (Å²) in [6, 6.07) is 16.3. The Morgan fingerprint density at radius 2 is 1.96 bits per heavy atom. The number of carbonyl (C=O) groups is 1. The molecule has 0 aliphatic carbocycles. The lowest BCUT2D eigenvalue weighted by atomic mass is 10.2. The highest BCUT2D eigenvalue weighted by atomic mass is 79.9. The van der Waals surface area contributed by atoms with Crippen molar-refractivity contribution < 1.29 is 14.3 Å². The number of ether oxygens (including phenoxy) is 2. The van der Waals surface area contributed by atoms with Gasteiger partial charge in [0.1, 0.15) is 6.61 Å². The van der Waals surface area contributed by atoms with E-state index in [1.807, 2.05) is 30.3 Å². The average Bonchev–Trinajstić information content (AvgIpc) is 2.67. The molecule has 3 aromatic rings. The Bertz CT molecular complexity index is 901. The number of carbonyl (C=O) groups excluding carboxylic acids is 1. The van der Waals surface area contributed by atoms with Crippen LogP contribution >= 0.6 is 15.9 Å². The molecule has 0 saturated heterocycles. The van der Waals surface area contributed by atoms with Gasteiger partial charge in [0.15, 0.2) is 11.5 Å². The number of rotatable bonds is 6. The van der Waals surface area contributed by atoms with Crippen LogP contribution in [0.5, 0.6) is 11.5 Å². The Morgan fingerprint density at radius 3 is 2.69 bits per heavy atom. The standard InChI is InChI=1S/C20H17BrN2O3/c1-25-18-9-8-15(23-20(24)16-6-2-3-7-17(16)21)11-19(18)26-13-14-5-4-10-22-12-14/h2-12H,13H2,1H3,(H,23,24). The third-order valence-electron chi connectivity index (χ3n) is 3.66. The molecule has 132 valence electrons. The lowest BCUT2D eigenvalue weighted by Gasteiger charge is -2.13. The van der Waals surface area contributed by atoms with E-state index in [0.29, 0.717) is 29.4 Å². The molecular formula is C20H17BrN2O3. The Morgan fingerprint density at radius 1 is 1.12 bits per heavy atom. The second-order valence-corrected chi connectivity index (χ2v) is 6.30. The molecule has 0 bridgehead atoms. The van der Waals surface area contributed by atoms with Gasteiger partial charge in [0, 0.05) is 34.2 Å². The van der Waals surface area contributed by atoms with Gasteiger partial charge in [-0.2, -0.15) is 0 Å². The number of halogens is 1. The van der Waals surface area contributed by atoms with Gasteiger partial charge in [-0.05, 0) is 46.3 Å². The molecule has 0 fully saturated rings. The Labute approximate surface area is 160 Å². The maximum Gasteiger partial charge on any atom is 0.256 e. The van der Waals surface area contributed by atoms with E-state index in [-0.39, 0.29) is 5.91 Å². The Balaban J connectivity index is 1.76. The van der Waals surface area contributed by atoms with E-state index >= 15 is 0 Å². The number of benzene rings is 2.